The number of benzene rings is 1. The normalized spacial score (nSPS) is 20.2. The van der Waals surface area contributed by atoms with E-state index in [1.807, 2.05) is 17.9 Å². The number of likely N-dealkylation sites (tertiary alicyclic amines) is 1. The minimum absolute atomic E-state index is 0.558. The van der Waals surface area contributed by atoms with E-state index in [4.69, 9.17) is 4.99 Å². The van der Waals surface area contributed by atoms with Crippen LogP contribution in [0.25, 0.3) is 0 Å². The Hall–Kier alpha value is -2.54. The summed E-state index contributed by atoms with van der Waals surface area (Å²) in [6, 6.07) is 10.8. The number of nitrogens with zero attached hydrogens (tertiary/aromatic N) is 6. The summed E-state index contributed by atoms with van der Waals surface area (Å²) in [4.78, 5) is 12.5. The molecule has 1 atom stereocenters. The van der Waals surface area contributed by atoms with Crippen LogP contribution < -0.4 is 10.2 Å². The number of hydrogen-bond donors (Lipinski definition) is 1. The van der Waals surface area contributed by atoms with Crippen molar-refractivity contribution >= 4 is 11.6 Å². The molecule has 2 fully saturated rings. The Kier molecular flexibility index (Phi) is 8.04. The molecule has 0 amide bonds. The van der Waals surface area contributed by atoms with E-state index >= 15 is 0 Å². The van der Waals surface area contributed by atoms with Crippen molar-refractivity contribution in [2.45, 2.75) is 32.1 Å². The largest absolute Gasteiger partial charge is 0.369 e. The zero-order valence-electron chi connectivity index (χ0n) is 19.8. The van der Waals surface area contributed by atoms with Gasteiger partial charge in [0.15, 0.2) is 5.96 Å². The number of piperazine rings is 1. The van der Waals surface area contributed by atoms with Crippen molar-refractivity contribution in [3.63, 3.8) is 0 Å². The minimum atomic E-state index is 0.558. The van der Waals surface area contributed by atoms with Gasteiger partial charge in [-0.25, -0.2) is 0 Å². The van der Waals surface area contributed by atoms with Gasteiger partial charge < -0.3 is 15.1 Å². The van der Waals surface area contributed by atoms with E-state index in [0.717, 1.165) is 64.7 Å². The monoisotopic (exact) mass is 437 g/mol. The van der Waals surface area contributed by atoms with Gasteiger partial charge in [-0.1, -0.05) is 18.2 Å². The number of anilines is 1. The lowest BCUT2D eigenvalue weighted by atomic mass is 10.0. The van der Waals surface area contributed by atoms with E-state index in [1.165, 1.54) is 30.6 Å². The highest BCUT2D eigenvalue weighted by Crippen LogP contribution is 2.26. The van der Waals surface area contributed by atoms with Crippen LogP contribution in [-0.4, -0.2) is 84.4 Å². The third-order valence-corrected chi connectivity index (χ3v) is 6.66. The first-order valence-electron chi connectivity index (χ1n) is 12.3. The summed E-state index contributed by atoms with van der Waals surface area (Å²) >= 11 is 0. The van der Waals surface area contributed by atoms with Gasteiger partial charge in [0.2, 0.25) is 0 Å². The highest BCUT2D eigenvalue weighted by atomic mass is 15.3. The average Bonchev–Trinajstić information content (AvgIpc) is 3.48. The zero-order valence-corrected chi connectivity index (χ0v) is 19.8. The summed E-state index contributed by atoms with van der Waals surface area (Å²) in [6.45, 7) is 11.8. The fourth-order valence-electron chi connectivity index (χ4n) is 4.80. The Morgan fingerprint density at radius 3 is 2.62 bits per heavy atom. The summed E-state index contributed by atoms with van der Waals surface area (Å²) in [5, 5.41) is 7.84. The van der Waals surface area contributed by atoms with Crippen molar-refractivity contribution in [1.82, 2.24) is 24.9 Å². The fraction of sp³-hybridized carbons (Fsp3) is 0.600. The molecule has 2 aromatic rings. The molecule has 4 rings (SSSR count). The molecule has 174 valence electrons. The Balaban J connectivity index is 1.17. The van der Waals surface area contributed by atoms with Crippen LogP contribution in [0, 0.1) is 0 Å². The van der Waals surface area contributed by atoms with E-state index in [-0.39, 0.29) is 0 Å². The molecule has 2 saturated heterocycles. The first kappa shape index (κ1) is 22.6. The molecule has 7 nitrogen and oxygen atoms in total. The van der Waals surface area contributed by atoms with Gasteiger partial charge >= 0.3 is 0 Å². The smallest absolute Gasteiger partial charge is 0.193 e. The van der Waals surface area contributed by atoms with E-state index in [2.05, 4.69) is 68.6 Å². The molecule has 1 aromatic heterocycles. The standard InChI is InChI=1S/C25H39N7/c1-3-26-25(32-14-11-22(21-32)23-19-28-29(2)20-23)27-12-7-8-13-30-15-17-31(18-16-30)24-9-5-4-6-10-24/h4-6,9-10,19-20,22H,3,7-8,11-18,21H2,1-2H3,(H,26,27). The van der Waals surface area contributed by atoms with Gasteiger partial charge in [0.05, 0.1) is 6.20 Å². The van der Waals surface area contributed by atoms with E-state index in [1.54, 1.807) is 0 Å². The molecule has 2 aliphatic rings. The van der Waals surface area contributed by atoms with E-state index in [0.29, 0.717) is 5.92 Å². The second-order valence-corrected chi connectivity index (χ2v) is 8.99. The van der Waals surface area contributed by atoms with Crippen molar-refractivity contribution in [2.75, 3.05) is 63.8 Å². The van der Waals surface area contributed by atoms with E-state index < -0.39 is 0 Å². The molecule has 2 aliphatic heterocycles. The van der Waals surface area contributed by atoms with Gasteiger partial charge in [0, 0.05) is 77.2 Å². The lowest BCUT2D eigenvalue weighted by Gasteiger charge is -2.36. The van der Waals surface area contributed by atoms with Gasteiger partial charge in [-0.15, -0.1) is 0 Å². The van der Waals surface area contributed by atoms with Gasteiger partial charge in [-0.2, -0.15) is 5.10 Å². The summed E-state index contributed by atoms with van der Waals surface area (Å²) < 4.78 is 1.90. The number of guanidine groups is 1. The average molecular weight is 438 g/mol. The second kappa shape index (κ2) is 11.4. The maximum absolute atomic E-state index is 4.95. The summed E-state index contributed by atoms with van der Waals surface area (Å²) in [5.74, 6) is 1.64. The molecule has 3 heterocycles. The van der Waals surface area contributed by atoms with Crippen LogP contribution in [-0.2, 0) is 7.05 Å². The third kappa shape index (κ3) is 6.03. The van der Waals surface area contributed by atoms with Crippen LogP contribution in [0.3, 0.4) is 0 Å². The van der Waals surface area contributed by atoms with Crippen molar-refractivity contribution < 1.29 is 0 Å². The molecular formula is C25H39N7. The first-order chi connectivity index (χ1) is 15.7. The first-order valence-corrected chi connectivity index (χ1v) is 12.3. The van der Waals surface area contributed by atoms with Crippen molar-refractivity contribution in [3.05, 3.63) is 48.3 Å². The number of hydrogen-bond acceptors (Lipinski definition) is 4. The highest BCUT2D eigenvalue weighted by molar-refractivity contribution is 5.80. The molecule has 32 heavy (non-hydrogen) atoms. The Morgan fingerprint density at radius 2 is 1.91 bits per heavy atom. The molecular weight excluding hydrogens is 398 g/mol. The topological polar surface area (TPSA) is 51.9 Å². The quantitative estimate of drug-likeness (QED) is 0.391. The molecule has 1 unspecified atom stereocenters. The number of para-hydroxylation sites is 1. The molecule has 1 aromatic carbocycles. The van der Waals surface area contributed by atoms with Gasteiger partial charge in [0.1, 0.15) is 0 Å². The molecule has 1 N–H and O–H groups in total. The summed E-state index contributed by atoms with van der Waals surface area (Å²) in [7, 11) is 1.99. The number of unbranched alkanes of at least 4 members (excludes halogenated alkanes) is 1. The van der Waals surface area contributed by atoms with Crippen molar-refractivity contribution in [3.8, 4) is 0 Å². The predicted octanol–water partition coefficient (Wildman–Crippen LogP) is 2.78. The SMILES string of the molecule is CCNC(=NCCCCN1CCN(c2ccccc2)CC1)N1CCC(c2cnn(C)c2)C1. The van der Waals surface area contributed by atoms with Crippen LogP contribution in [0.15, 0.2) is 47.7 Å². The number of rotatable bonds is 8. The third-order valence-electron chi connectivity index (χ3n) is 6.66. The second-order valence-electron chi connectivity index (χ2n) is 8.99. The number of aliphatic imine (C=N–C) groups is 1. The predicted molar refractivity (Wildman–Crippen MR) is 132 cm³/mol. The lowest BCUT2D eigenvalue weighted by molar-refractivity contribution is 0.253. The molecule has 0 spiro atoms. The zero-order chi connectivity index (χ0) is 22.2. The molecule has 0 radical (unpaired) electrons. The van der Waals surface area contributed by atoms with E-state index in [9.17, 15) is 0 Å². The summed E-state index contributed by atoms with van der Waals surface area (Å²) in [6.07, 6.45) is 7.70. The maximum Gasteiger partial charge on any atom is 0.193 e. The van der Waals surface area contributed by atoms with Gasteiger partial charge in [0.25, 0.3) is 0 Å². The molecule has 7 heteroatoms. The van der Waals surface area contributed by atoms with Crippen LogP contribution in [0.5, 0.6) is 0 Å². The molecule has 0 aliphatic carbocycles. The van der Waals surface area contributed by atoms with Crippen LogP contribution in [0.2, 0.25) is 0 Å². The summed E-state index contributed by atoms with van der Waals surface area (Å²) in [5.41, 5.74) is 2.70. The Bertz CT molecular complexity index is 839. The highest BCUT2D eigenvalue weighted by Gasteiger charge is 2.26. The molecule has 0 bridgehead atoms. The minimum Gasteiger partial charge on any atom is -0.369 e. The van der Waals surface area contributed by atoms with Crippen molar-refractivity contribution in [1.29, 1.82) is 0 Å². The van der Waals surface area contributed by atoms with Crippen LogP contribution >= 0.6 is 0 Å². The van der Waals surface area contributed by atoms with Gasteiger partial charge in [-0.3, -0.25) is 14.6 Å². The Labute approximate surface area is 193 Å². The number of aryl methyl sites for hydroxylation is 1. The van der Waals surface area contributed by atoms with Gasteiger partial charge in [-0.05, 0) is 50.4 Å². The lowest BCUT2D eigenvalue weighted by Crippen LogP contribution is -2.46. The molecule has 0 saturated carbocycles. The Morgan fingerprint density at radius 1 is 1.09 bits per heavy atom. The fourth-order valence-corrected chi connectivity index (χ4v) is 4.80. The number of nitrogens with one attached hydrogen (secondary N) is 1. The van der Waals surface area contributed by atoms with Crippen molar-refractivity contribution in [2.24, 2.45) is 12.0 Å². The number of aromatic nitrogens is 2. The van der Waals surface area contributed by atoms with Crippen LogP contribution in [0.4, 0.5) is 5.69 Å². The van der Waals surface area contributed by atoms with Crippen LogP contribution in [0.1, 0.15) is 37.7 Å². The maximum atomic E-state index is 4.95.